The molecule has 0 radical (unpaired) electrons. The Morgan fingerprint density at radius 1 is 1.30 bits per heavy atom. The average molecular weight is 274 g/mol. The van der Waals surface area contributed by atoms with Crippen LogP contribution < -0.4 is 10.1 Å². The van der Waals surface area contributed by atoms with Gasteiger partial charge >= 0.3 is 0 Å². The topological polar surface area (TPSA) is 24.5 Å². The molecule has 0 bridgehead atoms. The summed E-state index contributed by atoms with van der Waals surface area (Å²) in [5.74, 6) is 1.58. The Morgan fingerprint density at radius 2 is 2.05 bits per heavy atom. The van der Waals surface area contributed by atoms with Crippen LogP contribution in [0.1, 0.15) is 38.3 Å². The summed E-state index contributed by atoms with van der Waals surface area (Å²) in [5, 5.41) is 3.78. The molecular weight excluding hydrogens is 248 g/mol. The Kier molecular flexibility index (Phi) is 4.27. The minimum Gasteiger partial charge on any atom is -0.493 e. The largest absolute Gasteiger partial charge is 0.493 e. The van der Waals surface area contributed by atoms with E-state index in [4.69, 9.17) is 4.74 Å². The molecule has 0 aromatic heterocycles. The predicted molar refractivity (Wildman–Crippen MR) is 82.1 cm³/mol. The molecule has 3 rings (SSSR count). The zero-order valence-electron chi connectivity index (χ0n) is 12.6. The van der Waals surface area contributed by atoms with E-state index in [2.05, 4.69) is 48.3 Å². The molecule has 20 heavy (non-hydrogen) atoms. The Balaban J connectivity index is 1.64. The van der Waals surface area contributed by atoms with Gasteiger partial charge in [0, 0.05) is 30.1 Å². The first-order valence-corrected chi connectivity index (χ1v) is 7.95. The number of nitrogens with zero attached hydrogens (tertiary/aromatic N) is 1. The van der Waals surface area contributed by atoms with Crippen LogP contribution in [0.4, 0.5) is 0 Å². The van der Waals surface area contributed by atoms with Gasteiger partial charge in [-0.25, -0.2) is 0 Å². The van der Waals surface area contributed by atoms with Crippen LogP contribution in [0.3, 0.4) is 0 Å². The van der Waals surface area contributed by atoms with E-state index in [0.29, 0.717) is 18.0 Å². The lowest BCUT2D eigenvalue weighted by Gasteiger charge is -2.34. The molecule has 1 aromatic rings. The van der Waals surface area contributed by atoms with Crippen molar-refractivity contribution in [3.63, 3.8) is 0 Å². The van der Waals surface area contributed by atoms with Gasteiger partial charge < -0.3 is 10.1 Å². The second-order valence-electron chi connectivity index (χ2n) is 6.30. The summed E-state index contributed by atoms with van der Waals surface area (Å²) in [6.45, 7) is 9.02. The van der Waals surface area contributed by atoms with E-state index in [-0.39, 0.29) is 0 Å². The van der Waals surface area contributed by atoms with E-state index in [9.17, 15) is 0 Å². The van der Waals surface area contributed by atoms with Gasteiger partial charge in [-0.05, 0) is 38.9 Å². The van der Waals surface area contributed by atoms with E-state index < -0.39 is 0 Å². The number of hydrogen-bond acceptors (Lipinski definition) is 3. The van der Waals surface area contributed by atoms with Crippen molar-refractivity contribution in [1.82, 2.24) is 10.2 Å². The summed E-state index contributed by atoms with van der Waals surface area (Å²) < 4.78 is 5.82. The SMILES string of the molecule is CC1COc2ccccc2C1NCC(C)N1CCCC1. The molecule has 0 amide bonds. The molecule has 1 N–H and O–H groups in total. The maximum atomic E-state index is 5.82. The molecule has 2 aliphatic rings. The fourth-order valence-electron chi connectivity index (χ4n) is 3.41. The zero-order chi connectivity index (χ0) is 13.9. The highest BCUT2D eigenvalue weighted by atomic mass is 16.5. The lowest BCUT2D eigenvalue weighted by atomic mass is 9.92. The van der Waals surface area contributed by atoms with Crippen LogP contribution in [0.15, 0.2) is 24.3 Å². The van der Waals surface area contributed by atoms with Crippen molar-refractivity contribution in [1.29, 1.82) is 0 Å². The number of hydrogen-bond donors (Lipinski definition) is 1. The molecule has 3 heteroatoms. The van der Waals surface area contributed by atoms with Crippen molar-refractivity contribution in [3.05, 3.63) is 29.8 Å². The monoisotopic (exact) mass is 274 g/mol. The van der Waals surface area contributed by atoms with Crippen LogP contribution in [0.5, 0.6) is 5.75 Å². The maximum absolute atomic E-state index is 5.82. The average Bonchev–Trinajstić information content (AvgIpc) is 3.00. The van der Waals surface area contributed by atoms with Crippen LogP contribution in [0.25, 0.3) is 0 Å². The fourth-order valence-corrected chi connectivity index (χ4v) is 3.41. The highest BCUT2D eigenvalue weighted by molar-refractivity contribution is 5.37. The zero-order valence-corrected chi connectivity index (χ0v) is 12.6. The number of para-hydroxylation sites is 1. The summed E-state index contributed by atoms with van der Waals surface area (Å²) in [5.41, 5.74) is 1.32. The molecule has 0 spiro atoms. The van der Waals surface area contributed by atoms with Crippen molar-refractivity contribution >= 4 is 0 Å². The molecule has 3 atom stereocenters. The van der Waals surface area contributed by atoms with Crippen LogP contribution in [0, 0.1) is 5.92 Å². The van der Waals surface area contributed by atoms with Crippen molar-refractivity contribution < 1.29 is 4.74 Å². The minimum atomic E-state index is 0.421. The summed E-state index contributed by atoms with van der Waals surface area (Å²) >= 11 is 0. The summed E-state index contributed by atoms with van der Waals surface area (Å²) in [6.07, 6.45) is 2.72. The molecule has 1 saturated heterocycles. The number of fused-ring (bicyclic) bond motifs is 1. The number of nitrogens with one attached hydrogen (secondary N) is 1. The molecule has 110 valence electrons. The van der Waals surface area contributed by atoms with Gasteiger partial charge in [0.1, 0.15) is 5.75 Å². The van der Waals surface area contributed by atoms with Gasteiger partial charge in [0.15, 0.2) is 0 Å². The van der Waals surface area contributed by atoms with Gasteiger partial charge in [0.25, 0.3) is 0 Å². The van der Waals surface area contributed by atoms with E-state index in [0.717, 1.165) is 18.9 Å². The van der Waals surface area contributed by atoms with Crippen molar-refractivity contribution in [2.45, 2.75) is 38.8 Å². The third kappa shape index (κ3) is 2.84. The van der Waals surface area contributed by atoms with Crippen molar-refractivity contribution in [2.75, 3.05) is 26.2 Å². The van der Waals surface area contributed by atoms with Gasteiger partial charge in [-0.15, -0.1) is 0 Å². The highest BCUT2D eigenvalue weighted by Crippen LogP contribution is 2.34. The Hall–Kier alpha value is -1.06. The molecule has 2 aliphatic heterocycles. The van der Waals surface area contributed by atoms with E-state index >= 15 is 0 Å². The van der Waals surface area contributed by atoms with Gasteiger partial charge in [-0.2, -0.15) is 0 Å². The van der Waals surface area contributed by atoms with Crippen LogP contribution in [-0.2, 0) is 0 Å². The van der Waals surface area contributed by atoms with E-state index in [1.54, 1.807) is 0 Å². The first-order valence-electron chi connectivity index (χ1n) is 7.95. The Bertz CT molecular complexity index is 442. The standard InChI is InChI=1S/C17H26N2O/c1-13-12-20-16-8-4-3-7-15(16)17(13)18-11-14(2)19-9-5-6-10-19/h3-4,7-8,13-14,17-18H,5-6,9-12H2,1-2H3. The number of ether oxygens (including phenoxy) is 1. The summed E-state index contributed by atoms with van der Waals surface area (Å²) in [4.78, 5) is 2.60. The number of rotatable bonds is 4. The molecule has 0 aliphatic carbocycles. The van der Waals surface area contributed by atoms with Crippen LogP contribution >= 0.6 is 0 Å². The van der Waals surface area contributed by atoms with E-state index in [1.807, 2.05) is 0 Å². The fraction of sp³-hybridized carbons (Fsp3) is 0.647. The number of benzene rings is 1. The van der Waals surface area contributed by atoms with E-state index in [1.165, 1.54) is 31.5 Å². The third-order valence-electron chi connectivity index (χ3n) is 4.72. The normalized spacial score (nSPS) is 27.9. The predicted octanol–water partition coefficient (Wildman–Crippen LogP) is 2.83. The lowest BCUT2D eigenvalue weighted by molar-refractivity contribution is 0.175. The second kappa shape index (κ2) is 6.15. The second-order valence-corrected chi connectivity index (χ2v) is 6.30. The lowest BCUT2D eigenvalue weighted by Crippen LogP contribution is -2.42. The first-order chi connectivity index (χ1) is 9.75. The molecule has 2 heterocycles. The van der Waals surface area contributed by atoms with Crippen molar-refractivity contribution in [3.8, 4) is 5.75 Å². The number of likely N-dealkylation sites (tertiary alicyclic amines) is 1. The molecule has 3 unspecified atom stereocenters. The van der Waals surface area contributed by atoms with Gasteiger partial charge in [0.2, 0.25) is 0 Å². The Labute approximate surface area is 122 Å². The van der Waals surface area contributed by atoms with Gasteiger partial charge in [0.05, 0.1) is 6.61 Å². The smallest absolute Gasteiger partial charge is 0.124 e. The summed E-state index contributed by atoms with van der Waals surface area (Å²) in [7, 11) is 0. The summed E-state index contributed by atoms with van der Waals surface area (Å²) in [6, 6.07) is 9.49. The molecule has 1 fully saturated rings. The van der Waals surface area contributed by atoms with Gasteiger partial charge in [-0.1, -0.05) is 25.1 Å². The first kappa shape index (κ1) is 13.9. The van der Waals surface area contributed by atoms with Gasteiger partial charge in [-0.3, -0.25) is 4.90 Å². The molecule has 3 nitrogen and oxygen atoms in total. The maximum Gasteiger partial charge on any atom is 0.124 e. The van der Waals surface area contributed by atoms with Crippen LogP contribution in [-0.4, -0.2) is 37.2 Å². The third-order valence-corrected chi connectivity index (χ3v) is 4.72. The van der Waals surface area contributed by atoms with Crippen molar-refractivity contribution in [2.24, 2.45) is 5.92 Å². The molecule has 0 saturated carbocycles. The molecule has 1 aromatic carbocycles. The highest BCUT2D eigenvalue weighted by Gasteiger charge is 2.28. The molecular formula is C17H26N2O. The van der Waals surface area contributed by atoms with Crippen LogP contribution in [0.2, 0.25) is 0 Å². The quantitative estimate of drug-likeness (QED) is 0.913. The minimum absolute atomic E-state index is 0.421. The Morgan fingerprint density at radius 3 is 2.85 bits per heavy atom.